The van der Waals surface area contributed by atoms with Crippen LogP contribution in [0.4, 0.5) is 10.5 Å². The van der Waals surface area contributed by atoms with E-state index in [-0.39, 0.29) is 6.04 Å². The summed E-state index contributed by atoms with van der Waals surface area (Å²) >= 11 is 0. The van der Waals surface area contributed by atoms with Crippen molar-refractivity contribution in [2.75, 3.05) is 38.2 Å². The highest BCUT2D eigenvalue weighted by molar-refractivity contribution is 5.66. The maximum absolute atomic E-state index is 11.0. The van der Waals surface area contributed by atoms with Crippen molar-refractivity contribution in [3.63, 3.8) is 0 Å². The minimum atomic E-state index is -0.831. The SMILES string of the molecule is COc1ccc(N2CCN(C(=O)O)CC2)c2c1C[C@@H](N)CC2. The Kier molecular flexibility index (Phi) is 4.11. The second-order valence-electron chi connectivity index (χ2n) is 6.00. The molecule has 1 fully saturated rings. The normalized spacial score (nSPS) is 21.5. The highest BCUT2D eigenvalue weighted by atomic mass is 16.5. The van der Waals surface area contributed by atoms with E-state index < -0.39 is 6.09 Å². The van der Waals surface area contributed by atoms with Gasteiger partial charge in [-0.15, -0.1) is 0 Å². The van der Waals surface area contributed by atoms with Gasteiger partial charge in [-0.25, -0.2) is 4.79 Å². The number of benzene rings is 1. The summed E-state index contributed by atoms with van der Waals surface area (Å²) in [5, 5.41) is 9.06. The first-order valence-corrected chi connectivity index (χ1v) is 7.77. The fourth-order valence-corrected chi connectivity index (χ4v) is 3.48. The van der Waals surface area contributed by atoms with Gasteiger partial charge in [-0.05, 0) is 37.0 Å². The average molecular weight is 305 g/mol. The number of carboxylic acid groups (broad SMARTS) is 1. The van der Waals surface area contributed by atoms with Crippen molar-refractivity contribution in [3.8, 4) is 5.75 Å². The molecule has 0 bridgehead atoms. The van der Waals surface area contributed by atoms with Crippen LogP contribution in [-0.4, -0.2) is 55.4 Å². The van der Waals surface area contributed by atoms with Crippen molar-refractivity contribution in [1.29, 1.82) is 0 Å². The number of hydrogen-bond donors (Lipinski definition) is 2. The lowest BCUT2D eigenvalue weighted by atomic mass is 9.86. The Bertz CT molecular complexity index is 568. The molecule has 6 heteroatoms. The van der Waals surface area contributed by atoms with Gasteiger partial charge in [0.1, 0.15) is 5.75 Å². The van der Waals surface area contributed by atoms with E-state index in [9.17, 15) is 4.79 Å². The summed E-state index contributed by atoms with van der Waals surface area (Å²) in [5.74, 6) is 0.915. The number of ether oxygens (including phenoxy) is 1. The van der Waals surface area contributed by atoms with E-state index in [1.165, 1.54) is 21.7 Å². The van der Waals surface area contributed by atoms with Gasteiger partial charge in [-0.3, -0.25) is 0 Å². The van der Waals surface area contributed by atoms with Gasteiger partial charge in [-0.1, -0.05) is 0 Å². The smallest absolute Gasteiger partial charge is 0.407 e. The highest BCUT2D eigenvalue weighted by Crippen LogP contribution is 2.36. The lowest BCUT2D eigenvalue weighted by Gasteiger charge is -2.37. The molecule has 120 valence electrons. The number of fused-ring (bicyclic) bond motifs is 1. The highest BCUT2D eigenvalue weighted by Gasteiger charge is 2.26. The third kappa shape index (κ3) is 2.70. The molecule has 0 radical (unpaired) electrons. The summed E-state index contributed by atoms with van der Waals surface area (Å²) in [6.45, 7) is 2.57. The van der Waals surface area contributed by atoms with Crippen LogP contribution in [-0.2, 0) is 12.8 Å². The fourth-order valence-electron chi connectivity index (χ4n) is 3.48. The van der Waals surface area contributed by atoms with Gasteiger partial charge < -0.3 is 25.4 Å². The van der Waals surface area contributed by atoms with Crippen molar-refractivity contribution < 1.29 is 14.6 Å². The van der Waals surface area contributed by atoms with Crippen LogP contribution in [0.15, 0.2) is 12.1 Å². The van der Waals surface area contributed by atoms with E-state index in [2.05, 4.69) is 11.0 Å². The molecule has 1 atom stereocenters. The molecule has 3 rings (SSSR count). The van der Waals surface area contributed by atoms with Crippen molar-refractivity contribution in [2.24, 2.45) is 5.73 Å². The summed E-state index contributed by atoms with van der Waals surface area (Å²) in [4.78, 5) is 14.8. The molecule has 1 amide bonds. The lowest BCUT2D eigenvalue weighted by molar-refractivity contribution is 0.142. The number of nitrogens with two attached hydrogens (primary N) is 1. The van der Waals surface area contributed by atoms with Crippen molar-refractivity contribution in [2.45, 2.75) is 25.3 Å². The second-order valence-corrected chi connectivity index (χ2v) is 6.00. The lowest BCUT2D eigenvalue weighted by Crippen LogP contribution is -2.48. The maximum atomic E-state index is 11.0. The molecule has 1 aromatic rings. The molecular weight excluding hydrogens is 282 g/mol. The zero-order chi connectivity index (χ0) is 15.7. The number of piperazine rings is 1. The Morgan fingerprint density at radius 1 is 1.27 bits per heavy atom. The largest absolute Gasteiger partial charge is 0.496 e. The van der Waals surface area contributed by atoms with E-state index in [1.807, 2.05) is 6.07 Å². The summed E-state index contributed by atoms with van der Waals surface area (Å²) in [6, 6.07) is 4.31. The number of anilines is 1. The summed E-state index contributed by atoms with van der Waals surface area (Å²) in [6.07, 6.45) is 1.97. The van der Waals surface area contributed by atoms with Crippen LogP contribution in [0.3, 0.4) is 0 Å². The van der Waals surface area contributed by atoms with Crippen molar-refractivity contribution >= 4 is 11.8 Å². The monoisotopic (exact) mass is 305 g/mol. The Labute approximate surface area is 130 Å². The fraction of sp³-hybridized carbons (Fsp3) is 0.562. The molecule has 1 heterocycles. The van der Waals surface area contributed by atoms with E-state index in [0.717, 1.165) is 38.1 Å². The standard InChI is InChI=1S/C16H23N3O3/c1-22-15-5-4-14(12-3-2-11(17)10-13(12)15)18-6-8-19(9-7-18)16(20)21/h4-5,11H,2-3,6-10,17H2,1H3,(H,20,21)/t11-/m0/s1. The number of hydrogen-bond acceptors (Lipinski definition) is 4. The minimum Gasteiger partial charge on any atom is -0.496 e. The van der Waals surface area contributed by atoms with Crippen LogP contribution >= 0.6 is 0 Å². The number of amides is 1. The first-order valence-electron chi connectivity index (χ1n) is 7.77. The molecular formula is C16H23N3O3. The molecule has 6 nitrogen and oxygen atoms in total. The second kappa shape index (κ2) is 6.04. The third-order valence-corrected chi connectivity index (χ3v) is 4.71. The summed E-state index contributed by atoms with van der Waals surface area (Å²) < 4.78 is 5.49. The van der Waals surface area contributed by atoms with Gasteiger partial charge in [0.15, 0.2) is 0 Å². The number of carbonyl (C=O) groups is 1. The molecule has 2 aliphatic rings. The van der Waals surface area contributed by atoms with E-state index in [4.69, 9.17) is 15.6 Å². The van der Waals surface area contributed by atoms with Gasteiger partial charge in [0.25, 0.3) is 0 Å². The van der Waals surface area contributed by atoms with Gasteiger partial charge in [0.2, 0.25) is 0 Å². The van der Waals surface area contributed by atoms with Crippen molar-refractivity contribution in [3.05, 3.63) is 23.3 Å². The molecule has 3 N–H and O–H groups in total. The van der Waals surface area contributed by atoms with E-state index >= 15 is 0 Å². The molecule has 1 aliphatic carbocycles. The predicted octanol–water partition coefficient (Wildman–Crippen LogP) is 1.31. The van der Waals surface area contributed by atoms with Crippen LogP contribution in [0.25, 0.3) is 0 Å². The van der Waals surface area contributed by atoms with Crippen LogP contribution in [0.2, 0.25) is 0 Å². The molecule has 0 aromatic heterocycles. The minimum absolute atomic E-state index is 0.195. The number of nitrogens with zero attached hydrogens (tertiary/aromatic N) is 2. The zero-order valence-corrected chi connectivity index (χ0v) is 12.9. The molecule has 0 unspecified atom stereocenters. The van der Waals surface area contributed by atoms with E-state index in [0.29, 0.717) is 13.1 Å². The van der Waals surface area contributed by atoms with Crippen molar-refractivity contribution in [1.82, 2.24) is 4.90 Å². The summed E-state index contributed by atoms with van der Waals surface area (Å²) in [5.41, 5.74) is 9.87. The average Bonchev–Trinajstić information content (AvgIpc) is 2.53. The Morgan fingerprint density at radius 2 is 2.00 bits per heavy atom. The molecule has 0 spiro atoms. The van der Waals surface area contributed by atoms with Crippen LogP contribution < -0.4 is 15.4 Å². The molecule has 1 aromatic carbocycles. The summed E-state index contributed by atoms with van der Waals surface area (Å²) in [7, 11) is 1.70. The van der Waals surface area contributed by atoms with Crippen LogP contribution in [0, 0.1) is 0 Å². The van der Waals surface area contributed by atoms with Gasteiger partial charge in [-0.2, -0.15) is 0 Å². The van der Waals surface area contributed by atoms with Gasteiger partial charge in [0.05, 0.1) is 7.11 Å². The number of rotatable bonds is 2. The Hall–Kier alpha value is -1.95. The molecule has 0 saturated carbocycles. The number of methoxy groups -OCH3 is 1. The topological polar surface area (TPSA) is 79.0 Å². The predicted molar refractivity (Wildman–Crippen MR) is 84.8 cm³/mol. The Morgan fingerprint density at radius 3 is 2.64 bits per heavy atom. The zero-order valence-electron chi connectivity index (χ0n) is 12.9. The Balaban J connectivity index is 1.86. The molecule has 22 heavy (non-hydrogen) atoms. The maximum Gasteiger partial charge on any atom is 0.407 e. The third-order valence-electron chi connectivity index (χ3n) is 4.71. The van der Waals surface area contributed by atoms with E-state index in [1.54, 1.807) is 7.11 Å². The van der Waals surface area contributed by atoms with Crippen LogP contribution in [0.5, 0.6) is 5.75 Å². The van der Waals surface area contributed by atoms with Gasteiger partial charge in [0, 0.05) is 43.5 Å². The first-order chi connectivity index (χ1) is 10.6. The molecule has 1 saturated heterocycles. The molecule has 1 aliphatic heterocycles. The van der Waals surface area contributed by atoms with Gasteiger partial charge >= 0.3 is 6.09 Å². The first kappa shape index (κ1) is 15.0. The van der Waals surface area contributed by atoms with Crippen LogP contribution in [0.1, 0.15) is 17.5 Å². The quantitative estimate of drug-likeness (QED) is 0.861.